The van der Waals surface area contributed by atoms with Crippen LogP contribution in [0.25, 0.3) is 5.69 Å². The lowest BCUT2D eigenvalue weighted by Crippen LogP contribution is -2.50. The fourth-order valence-corrected chi connectivity index (χ4v) is 2.75. The molecular weight excluding hydrogens is 264 g/mol. The number of benzene rings is 1. The highest BCUT2D eigenvalue weighted by atomic mass is 16.2. The molecule has 1 aromatic carbocycles. The molecule has 0 radical (unpaired) electrons. The molecule has 0 spiro atoms. The Morgan fingerprint density at radius 3 is 3.00 bits per heavy atom. The van der Waals surface area contributed by atoms with Crippen LogP contribution in [0.3, 0.4) is 0 Å². The summed E-state index contributed by atoms with van der Waals surface area (Å²) in [5.41, 5.74) is 1.61. The molecule has 0 bridgehead atoms. The van der Waals surface area contributed by atoms with E-state index < -0.39 is 5.54 Å². The number of hydrogen-bond donors (Lipinski definition) is 2. The van der Waals surface area contributed by atoms with Crippen LogP contribution in [0.4, 0.5) is 0 Å². The van der Waals surface area contributed by atoms with E-state index in [0.29, 0.717) is 6.54 Å². The van der Waals surface area contributed by atoms with Gasteiger partial charge in [0, 0.05) is 18.9 Å². The van der Waals surface area contributed by atoms with Gasteiger partial charge in [0.15, 0.2) is 0 Å². The Labute approximate surface area is 124 Å². The number of nitrogens with zero attached hydrogens (tertiary/aromatic N) is 2. The van der Waals surface area contributed by atoms with Gasteiger partial charge in [0.1, 0.15) is 0 Å². The topological polar surface area (TPSA) is 59.0 Å². The van der Waals surface area contributed by atoms with Crippen molar-refractivity contribution in [2.24, 2.45) is 0 Å². The minimum atomic E-state index is -0.430. The maximum Gasteiger partial charge on any atom is 0.240 e. The third-order valence-electron chi connectivity index (χ3n) is 4.05. The number of aromatic nitrogens is 2. The Morgan fingerprint density at radius 2 is 2.29 bits per heavy atom. The first kappa shape index (κ1) is 13.8. The molecule has 2 heterocycles. The molecule has 1 saturated heterocycles. The van der Waals surface area contributed by atoms with E-state index in [-0.39, 0.29) is 5.91 Å². The standard InChI is InChI=1S/C16H20N4O/c1-16(8-4-9-18-16)15(21)17-12-13-6-2-3-7-14(13)20-11-5-10-19-20/h2-3,5-7,10-11,18H,4,8-9,12H2,1H3,(H,17,21). The Kier molecular flexibility index (Phi) is 3.75. The van der Waals surface area contributed by atoms with E-state index in [1.54, 1.807) is 6.20 Å². The fourth-order valence-electron chi connectivity index (χ4n) is 2.75. The number of para-hydroxylation sites is 1. The van der Waals surface area contributed by atoms with Gasteiger partial charge in [-0.15, -0.1) is 0 Å². The molecule has 0 aliphatic carbocycles. The lowest BCUT2D eigenvalue weighted by atomic mass is 9.99. The SMILES string of the molecule is CC1(C(=O)NCc2ccccc2-n2cccn2)CCCN1. The minimum Gasteiger partial charge on any atom is -0.350 e. The number of nitrogens with one attached hydrogen (secondary N) is 2. The second-order valence-electron chi connectivity index (χ2n) is 5.62. The van der Waals surface area contributed by atoms with Crippen LogP contribution in [-0.2, 0) is 11.3 Å². The minimum absolute atomic E-state index is 0.0651. The summed E-state index contributed by atoms with van der Waals surface area (Å²) in [6.45, 7) is 3.38. The van der Waals surface area contributed by atoms with Gasteiger partial charge in [-0.1, -0.05) is 18.2 Å². The van der Waals surface area contributed by atoms with E-state index in [9.17, 15) is 4.79 Å². The average Bonchev–Trinajstić information content (AvgIpc) is 3.17. The van der Waals surface area contributed by atoms with Gasteiger partial charge in [0.05, 0.1) is 11.2 Å². The van der Waals surface area contributed by atoms with Crippen molar-refractivity contribution in [3.8, 4) is 5.69 Å². The quantitative estimate of drug-likeness (QED) is 0.897. The number of amides is 1. The monoisotopic (exact) mass is 284 g/mol. The van der Waals surface area contributed by atoms with Crippen LogP contribution in [0.5, 0.6) is 0 Å². The lowest BCUT2D eigenvalue weighted by Gasteiger charge is -2.23. The molecule has 1 aliphatic heterocycles. The average molecular weight is 284 g/mol. The van der Waals surface area contributed by atoms with Crippen molar-refractivity contribution in [3.05, 3.63) is 48.3 Å². The van der Waals surface area contributed by atoms with Crippen LogP contribution >= 0.6 is 0 Å². The summed E-state index contributed by atoms with van der Waals surface area (Å²) in [4.78, 5) is 12.3. The Morgan fingerprint density at radius 1 is 1.43 bits per heavy atom. The molecular formula is C16H20N4O. The van der Waals surface area contributed by atoms with E-state index in [4.69, 9.17) is 0 Å². The second kappa shape index (κ2) is 5.69. The van der Waals surface area contributed by atoms with Crippen LogP contribution < -0.4 is 10.6 Å². The largest absolute Gasteiger partial charge is 0.350 e. The van der Waals surface area contributed by atoms with Crippen molar-refractivity contribution in [3.63, 3.8) is 0 Å². The smallest absolute Gasteiger partial charge is 0.240 e. The van der Waals surface area contributed by atoms with Crippen molar-refractivity contribution >= 4 is 5.91 Å². The molecule has 1 aliphatic rings. The maximum atomic E-state index is 12.3. The molecule has 1 aromatic heterocycles. The van der Waals surface area contributed by atoms with E-state index in [1.807, 2.05) is 48.1 Å². The maximum absolute atomic E-state index is 12.3. The Hall–Kier alpha value is -2.14. The van der Waals surface area contributed by atoms with Crippen molar-refractivity contribution in [1.82, 2.24) is 20.4 Å². The summed E-state index contributed by atoms with van der Waals surface area (Å²) < 4.78 is 1.82. The van der Waals surface area contributed by atoms with Crippen molar-refractivity contribution in [1.29, 1.82) is 0 Å². The number of hydrogen-bond acceptors (Lipinski definition) is 3. The van der Waals surface area contributed by atoms with Crippen LogP contribution in [0.2, 0.25) is 0 Å². The van der Waals surface area contributed by atoms with Gasteiger partial charge in [-0.05, 0) is 44.0 Å². The van der Waals surface area contributed by atoms with E-state index >= 15 is 0 Å². The van der Waals surface area contributed by atoms with Crippen LogP contribution in [0.15, 0.2) is 42.7 Å². The molecule has 1 unspecified atom stereocenters. The Bertz CT molecular complexity index is 615. The van der Waals surface area contributed by atoms with Gasteiger partial charge in [0.25, 0.3) is 0 Å². The highest BCUT2D eigenvalue weighted by molar-refractivity contribution is 5.86. The third-order valence-corrected chi connectivity index (χ3v) is 4.05. The summed E-state index contributed by atoms with van der Waals surface area (Å²) in [6.07, 6.45) is 5.59. The van der Waals surface area contributed by atoms with E-state index in [1.165, 1.54) is 0 Å². The molecule has 1 atom stereocenters. The van der Waals surface area contributed by atoms with Gasteiger partial charge < -0.3 is 10.6 Å². The van der Waals surface area contributed by atoms with Crippen molar-refractivity contribution in [2.45, 2.75) is 31.8 Å². The molecule has 1 fully saturated rings. The molecule has 21 heavy (non-hydrogen) atoms. The summed E-state index contributed by atoms with van der Waals surface area (Å²) in [6, 6.07) is 9.86. The number of rotatable bonds is 4. The zero-order chi connectivity index (χ0) is 14.7. The first-order chi connectivity index (χ1) is 10.2. The molecule has 2 N–H and O–H groups in total. The van der Waals surface area contributed by atoms with Crippen molar-refractivity contribution in [2.75, 3.05) is 6.54 Å². The molecule has 5 nitrogen and oxygen atoms in total. The summed E-state index contributed by atoms with van der Waals surface area (Å²) >= 11 is 0. The van der Waals surface area contributed by atoms with Crippen molar-refractivity contribution < 1.29 is 4.79 Å². The van der Waals surface area contributed by atoms with Crippen LogP contribution in [0, 0.1) is 0 Å². The molecule has 2 aromatic rings. The summed E-state index contributed by atoms with van der Waals surface area (Å²) in [5.74, 6) is 0.0651. The molecule has 110 valence electrons. The van der Waals surface area contributed by atoms with Crippen LogP contribution in [0.1, 0.15) is 25.3 Å². The zero-order valence-electron chi connectivity index (χ0n) is 12.2. The summed E-state index contributed by atoms with van der Waals surface area (Å²) in [7, 11) is 0. The second-order valence-corrected chi connectivity index (χ2v) is 5.62. The van der Waals surface area contributed by atoms with Gasteiger partial charge in [-0.25, -0.2) is 4.68 Å². The van der Waals surface area contributed by atoms with Gasteiger partial charge in [0.2, 0.25) is 5.91 Å². The number of carbonyl (C=O) groups excluding carboxylic acids is 1. The zero-order valence-corrected chi connectivity index (χ0v) is 12.2. The van der Waals surface area contributed by atoms with E-state index in [2.05, 4.69) is 15.7 Å². The Balaban J connectivity index is 1.73. The normalized spacial score (nSPS) is 21.4. The van der Waals surface area contributed by atoms with Gasteiger partial charge in [-0.2, -0.15) is 5.10 Å². The first-order valence-electron chi connectivity index (χ1n) is 7.30. The van der Waals surface area contributed by atoms with Gasteiger partial charge in [-0.3, -0.25) is 4.79 Å². The third kappa shape index (κ3) is 2.83. The summed E-state index contributed by atoms with van der Waals surface area (Å²) in [5, 5.41) is 10.6. The molecule has 1 amide bonds. The molecule has 3 rings (SSSR count). The predicted octanol–water partition coefficient (Wildman–Crippen LogP) is 1.63. The highest BCUT2D eigenvalue weighted by Gasteiger charge is 2.35. The molecule has 5 heteroatoms. The molecule has 0 saturated carbocycles. The van der Waals surface area contributed by atoms with Crippen LogP contribution in [-0.4, -0.2) is 27.8 Å². The van der Waals surface area contributed by atoms with Gasteiger partial charge >= 0.3 is 0 Å². The first-order valence-corrected chi connectivity index (χ1v) is 7.30. The predicted molar refractivity (Wildman–Crippen MR) is 81.1 cm³/mol. The lowest BCUT2D eigenvalue weighted by molar-refractivity contribution is -0.126. The highest BCUT2D eigenvalue weighted by Crippen LogP contribution is 2.19. The fraction of sp³-hybridized carbons (Fsp3) is 0.375. The number of carbonyl (C=O) groups is 1. The van der Waals surface area contributed by atoms with E-state index in [0.717, 1.165) is 30.6 Å².